The minimum absolute atomic E-state index is 0.0347. The molecule has 0 radical (unpaired) electrons. The van der Waals surface area contributed by atoms with E-state index in [0.717, 1.165) is 48.8 Å². The number of thiazole rings is 1. The van der Waals surface area contributed by atoms with Gasteiger partial charge in [0.05, 0.1) is 6.04 Å². The van der Waals surface area contributed by atoms with Crippen LogP contribution in [0.25, 0.3) is 16.1 Å². The molecule has 328 valence electrons. The lowest BCUT2D eigenvalue weighted by molar-refractivity contribution is -0.135. The first-order valence-electron chi connectivity index (χ1n) is 21.8. The number of nitrogens with zero attached hydrogens (tertiary/aromatic N) is 3. The summed E-state index contributed by atoms with van der Waals surface area (Å²) in [6, 6.07) is 11.0. The number of carbonyl (C=O) groups is 6. The van der Waals surface area contributed by atoms with Crippen molar-refractivity contribution in [2.24, 2.45) is 34.0 Å². The van der Waals surface area contributed by atoms with Gasteiger partial charge in [-0.15, -0.1) is 11.3 Å². The van der Waals surface area contributed by atoms with E-state index in [9.17, 15) is 28.8 Å². The number of carbonyl (C=O) groups excluding carboxylic acids is 6. The minimum atomic E-state index is -1.16. The van der Waals surface area contributed by atoms with Crippen molar-refractivity contribution in [1.82, 2.24) is 25.8 Å². The summed E-state index contributed by atoms with van der Waals surface area (Å²) >= 11 is 1.29. The molecule has 0 spiro atoms. The Hall–Kier alpha value is -5.90. The second-order valence-electron chi connectivity index (χ2n) is 17.0. The van der Waals surface area contributed by atoms with Gasteiger partial charge in [0.15, 0.2) is 11.7 Å². The predicted molar refractivity (Wildman–Crippen MR) is 237 cm³/mol. The number of hydrogen-bond donors (Lipinski definition) is 6. The van der Waals surface area contributed by atoms with Gasteiger partial charge in [0, 0.05) is 49.2 Å². The molecule has 7 rings (SSSR count). The Morgan fingerprint density at radius 3 is 2.42 bits per heavy atom. The van der Waals surface area contributed by atoms with E-state index in [1.54, 1.807) is 22.4 Å². The number of aliphatic imine (C=N–C) groups is 1. The Kier molecular flexibility index (Phi) is 14.5. The van der Waals surface area contributed by atoms with Crippen molar-refractivity contribution >= 4 is 58.2 Å². The second-order valence-corrected chi connectivity index (χ2v) is 17.9. The third-order valence-corrected chi connectivity index (χ3v) is 13.5. The molecule has 2 fully saturated rings. The summed E-state index contributed by atoms with van der Waals surface area (Å²) in [5.41, 5.74) is 21.5. The molecule has 3 aromatic rings. The van der Waals surface area contributed by atoms with E-state index in [4.69, 9.17) is 17.2 Å². The molecule has 1 saturated heterocycles. The van der Waals surface area contributed by atoms with E-state index in [1.165, 1.54) is 11.3 Å². The van der Waals surface area contributed by atoms with Crippen molar-refractivity contribution < 1.29 is 28.8 Å². The molecule has 4 bridgehead atoms. The monoisotopic (exact) mass is 863 g/mol. The fourth-order valence-electron chi connectivity index (χ4n) is 9.36. The average Bonchev–Trinajstić information content (AvgIpc) is 4.05. The Morgan fingerprint density at radius 1 is 0.855 bits per heavy atom. The molecule has 5 atom stereocenters. The van der Waals surface area contributed by atoms with Crippen LogP contribution < -0.4 is 33.2 Å². The van der Waals surface area contributed by atoms with Crippen molar-refractivity contribution in [3.05, 3.63) is 82.4 Å². The van der Waals surface area contributed by atoms with Gasteiger partial charge >= 0.3 is 0 Å². The summed E-state index contributed by atoms with van der Waals surface area (Å²) in [6.07, 6.45) is 9.86. The number of allylic oxidation sites excluding steroid dienone is 1. The first-order valence-corrected chi connectivity index (χ1v) is 22.7. The van der Waals surface area contributed by atoms with Crippen LogP contribution in [-0.2, 0) is 36.8 Å². The van der Waals surface area contributed by atoms with E-state index in [2.05, 4.69) is 25.9 Å². The van der Waals surface area contributed by atoms with E-state index in [1.807, 2.05) is 42.5 Å². The molecule has 5 amide bonds. The van der Waals surface area contributed by atoms with Crippen molar-refractivity contribution in [1.29, 1.82) is 0 Å². The van der Waals surface area contributed by atoms with Crippen LogP contribution in [0.4, 0.5) is 0 Å². The largest absolute Gasteiger partial charge is 0.370 e. The minimum Gasteiger partial charge on any atom is -0.370 e. The van der Waals surface area contributed by atoms with Crippen LogP contribution in [0.3, 0.4) is 0 Å². The highest BCUT2D eigenvalue weighted by Crippen LogP contribution is 2.34. The third kappa shape index (κ3) is 10.9. The number of nitrogens with two attached hydrogens (primary N) is 3. The number of hydrogen-bond acceptors (Lipinski definition) is 9. The van der Waals surface area contributed by atoms with Gasteiger partial charge in [-0.1, -0.05) is 80.6 Å². The number of nitrogens with one attached hydrogen (secondary N) is 3. The number of Topliss-reactive ketones (excluding diaryl/α,β-unsaturated/α-hetero) is 1. The predicted octanol–water partition coefficient (Wildman–Crippen LogP) is 3.54. The van der Waals surface area contributed by atoms with Crippen molar-refractivity contribution in [3.63, 3.8) is 0 Å². The van der Waals surface area contributed by atoms with Crippen LogP contribution in [-0.4, -0.2) is 88.4 Å². The SMILES string of the molecule is NC(=O)[C@@H]1Cc2cccc(c2)-c2nc(cs2)C(=O)N2CCC[C@H]2C(=O)C[C@H](CC2CCCCC2)C(=O)N[C@@H](CC2=CCc3ccccc32)C(=O)NC(CCCN=C(N)N)C(=O)N1. The molecule has 1 saturated carbocycles. The lowest BCUT2D eigenvalue weighted by Crippen LogP contribution is -2.57. The Balaban J connectivity index is 1.25. The molecule has 9 N–H and O–H groups in total. The molecule has 1 unspecified atom stereocenters. The summed E-state index contributed by atoms with van der Waals surface area (Å²) in [7, 11) is 0. The number of amides is 5. The van der Waals surface area contributed by atoms with Crippen LogP contribution in [0.5, 0.6) is 0 Å². The van der Waals surface area contributed by atoms with Crippen LogP contribution in [0.15, 0.2) is 65.0 Å². The normalized spacial score (nSPS) is 24.1. The van der Waals surface area contributed by atoms with E-state index in [0.29, 0.717) is 54.8 Å². The molecule has 62 heavy (non-hydrogen) atoms. The molecule has 4 aliphatic rings. The number of rotatable bonds is 9. The first-order chi connectivity index (χ1) is 29.9. The summed E-state index contributed by atoms with van der Waals surface area (Å²) in [5.74, 6) is -3.63. The van der Waals surface area contributed by atoms with Crippen LogP contribution in [0.1, 0.15) is 104 Å². The zero-order valence-electron chi connectivity index (χ0n) is 35.0. The van der Waals surface area contributed by atoms with Crippen LogP contribution >= 0.6 is 11.3 Å². The molecular formula is C46H57N9O6S. The zero-order valence-corrected chi connectivity index (χ0v) is 35.8. The van der Waals surface area contributed by atoms with Crippen LogP contribution in [0.2, 0.25) is 0 Å². The Bertz CT molecular complexity index is 2230. The van der Waals surface area contributed by atoms with Crippen LogP contribution in [0, 0.1) is 11.8 Å². The van der Waals surface area contributed by atoms with Gasteiger partial charge in [-0.05, 0) is 72.8 Å². The summed E-state index contributed by atoms with van der Waals surface area (Å²) < 4.78 is 0. The molecule has 2 aliphatic heterocycles. The highest BCUT2D eigenvalue weighted by Gasteiger charge is 2.39. The zero-order chi connectivity index (χ0) is 43.8. The topological polar surface area (TPSA) is 245 Å². The first kappa shape index (κ1) is 44.2. The van der Waals surface area contributed by atoms with Gasteiger partial charge in [-0.3, -0.25) is 33.8 Å². The standard InChI is InChI=1S/C46H57N9O6S/c47-40(57)35-23-28-11-6-13-31(22-28)44-54-37(26-62-44)45(61)55-20-8-16-38(55)39(56)25-32(21-27-9-2-1-3-10-27)41(58)53-36(24-30-18-17-29-12-4-5-14-33(29)30)43(60)51-34(42(59)52-35)15-7-19-50-46(48)49/h4-6,11-14,18,22,26-27,32,34-36,38H,1-3,7-10,15-17,19-21,23-25H2,(H2,47,57)(H,51,60)(H,52,59)(H,53,58)(H4,48,49,50)/t32-,34?,35-,36-,38-/m0/s1. The molecular weight excluding hydrogens is 807 g/mol. The number of primary amides is 1. The molecule has 16 heteroatoms. The number of aromatic nitrogens is 1. The smallest absolute Gasteiger partial charge is 0.273 e. The maximum Gasteiger partial charge on any atom is 0.273 e. The number of fused-ring (bicyclic) bond motifs is 7. The van der Waals surface area contributed by atoms with Gasteiger partial charge in [0.1, 0.15) is 28.8 Å². The van der Waals surface area contributed by atoms with Gasteiger partial charge < -0.3 is 38.1 Å². The molecule has 2 aromatic carbocycles. The summed E-state index contributed by atoms with van der Waals surface area (Å²) in [6.45, 7) is 0.570. The fraction of sp³-hybridized carbons (Fsp3) is 0.478. The van der Waals surface area contributed by atoms with Crippen molar-refractivity contribution in [3.8, 4) is 10.6 Å². The maximum absolute atomic E-state index is 14.7. The lowest BCUT2D eigenvalue weighted by atomic mass is 9.80. The van der Waals surface area contributed by atoms with Gasteiger partial charge in [0.25, 0.3) is 5.91 Å². The van der Waals surface area contributed by atoms with Gasteiger partial charge in [0.2, 0.25) is 23.6 Å². The van der Waals surface area contributed by atoms with Gasteiger partial charge in [-0.25, -0.2) is 4.98 Å². The second kappa shape index (κ2) is 20.3. The summed E-state index contributed by atoms with van der Waals surface area (Å²) in [5, 5.41) is 11.0. The average molecular weight is 864 g/mol. The highest BCUT2D eigenvalue weighted by atomic mass is 32.1. The molecule has 2 aliphatic carbocycles. The van der Waals surface area contributed by atoms with Crippen molar-refractivity contribution in [2.45, 2.75) is 114 Å². The third-order valence-electron chi connectivity index (χ3n) is 12.6. The summed E-state index contributed by atoms with van der Waals surface area (Å²) in [4.78, 5) is 95.1. The molecule has 3 heterocycles. The number of guanidine groups is 1. The quantitative estimate of drug-likeness (QED) is 0.105. The Labute approximate surface area is 365 Å². The van der Waals surface area contributed by atoms with E-state index < -0.39 is 53.7 Å². The van der Waals surface area contributed by atoms with E-state index in [-0.39, 0.29) is 61.5 Å². The molecule has 15 nitrogen and oxygen atoms in total. The molecule has 1 aromatic heterocycles. The van der Waals surface area contributed by atoms with E-state index >= 15 is 0 Å². The van der Waals surface area contributed by atoms with Crippen molar-refractivity contribution in [2.75, 3.05) is 13.1 Å². The highest BCUT2D eigenvalue weighted by molar-refractivity contribution is 7.13. The number of ketones is 1. The Morgan fingerprint density at radius 2 is 1.63 bits per heavy atom. The fourth-order valence-corrected chi connectivity index (χ4v) is 10.1. The maximum atomic E-state index is 14.7. The number of benzene rings is 2. The van der Waals surface area contributed by atoms with Gasteiger partial charge in [-0.2, -0.15) is 0 Å². The lowest BCUT2D eigenvalue weighted by Gasteiger charge is -2.30.